The lowest BCUT2D eigenvalue weighted by Crippen LogP contribution is -2.52. The normalized spacial score (nSPS) is 23.2. The van der Waals surface area contributed by atoms with E-state index in [4.69, 9.17) is 4.98 Å². The van der Waals surface area contributed by atoms with Gasteiger partial charge in [-0.05, 0) is 25.7 Å². The number of carbonyl (C=O) groups excluding carboxylic acids is 1. The molecule has 1 aliphatic carbocycles. The van der Waals surface area contributed by atoms with Crippen molar-refractivity contribution in [3.05, 3.63) is 35.7 Å². The van der Waals surface area contributed by atoms with Crippen LogP contribution in [-0.4, -0.2) is 16.9 Å². The molecule has 2 bridgehead atoms. The average molecular weight is 314 g/mol. The lowest BCUT2D eigenvalue weighted by molar-refractivity contribution is -0.126. The second kappa shape index (κ2) is 6.61. The van der Waals surface area contributed by atoms with Gasteiger partial charge in [-0.2, -0.15) is 0 Å². The van der Waals surface area contributed by atoms with Crippen LogP contribution in [0.5, 0.6) is 0 Å². The summed E-state index contributed by atoms with van der Waals surface area (Å²) in [6.07, 6.45) is 4.40. The van der Waals surface area contributed by atoms with Gasteiger partial charge in [-0.1, -0.05) is 44.2 Å². The van der Waals surface area contributed by atoms with Crippen LogP contribution in [0.2, 0.25) is 0 Å². The van der Waals surface area contributed by atoms with Crippen LogP contribution in [-0.2, 0) is 4.79 Å². The molecule has 2 aromatic rings. The summed E-state index contributed by atoms with van der Waals surface area (Å²) in [6, 6.07) is 10.5. The summed E-state index contributed by atoms with van der Waals surface area (Å²) < 4.78 is 0. The Kier molecular flexibility index (Phi) is 4.57. The van der Waals surface area contributed by atoms with Crippen molar-refractivity contribution >= 4 is 22.4 Å². The Morgan fingerprint density at radius 2 is 1.77 bits per heavy atom. The smallest absolute Gasteiger partial charge is 0.232 e. The van der Waals surface area contributed by atoms with Gasteiger partial charge in [0.15, 0.2) is 5.13 Å². The fourth-order valence-electron chi connectivity index (χ4n) is 3.32. The number of nitrogens with zero attached hydrogens (tertiary/aromatic N) is 2. The van der Waals surface area contributed by atoms with E-state index in [1.165, 1.54) is 0 Å². The van der Waals surface area contributed by atoms with Gasteiger partial charge in [-0.15, -0.1) is 11.3 Å². The first kappa shape index (κ1) is 15.2. The number of hydrogen-bond acceptors (Lipinski definition) is 3. The molecule has 5 rings (SSSR count). The predicted octanol–water partition coefficient (Wildman–Crippen LogP) is 4.74. The first-order valence-electron chi connectivity index (χ1n) is 8.17. The molecule has 3 fully saturated rings. The van der Waals surface area contributed by atoms with Gasteiger partial charge in [0.25, 0.3) is 0 Å². The number of thiazole rings is 1. The lowest BCUT2D eigenvalue weighted by atomic mass is 9.79. The van der Waals surface area contributed by atoms with Gasteiger partial charge in [0, 0.05) is 22.9 Å². The molecule has 4 heteroatoms. The van der Waals surface area contributed by atoms with E-state index in [1.807, 2.05) is 36.9 Å². The van der Waals surface area contributed by atoms with Crippen molar-refractivity contribution in [2.45, 2.75) is 45.6 Å². The molecule has 2 saturated heterocycles. The van der Waals surface area contributed by atoms with Crippen molar-refractivity contribution in [3.8, 4) is 11.3 Å². The summed E-state index contributed by atoms with van der Waals surface area (Å²) in [7, 11) is 0. The second-order valence-corrected chi connectivity index (χ2v) is 6.43. The molecule has 3 heterocycles. The zero-order valence-corrected chi connectivity index (χ0v) is 14.0. The largest absolute Gasteiger partial charge is 0.285 e. The van der Waals surface area contributed by atoms with Crippen LogP contribution < -0.4 is 4.90 Å². The number of aromatic nitrogens is 1. The fourth-order valence-corrected chi connectivity index (χ4v) is 4.23. The van der Waals surface area contributed by atoms with Gasteiger partial charge in [-0.25, -0.2) is 4.98 Å². The molecular formula is C18H22N2OS. The van der Waals surface area contributed by atoms with Crippen molar-refractivity contribution in [2.75, 3.05) is 4.90 Å². The van der Waals surface area contributed by atoms with Crippen LogP contribution in [0.25, 0.3) is 11.3 Å². The average Bonchev–Trinajstić information content (AvgIpc) is 3.08. The van der Waals surface area contributed by atoms with E-state index in [0.29, 0.717) is 11.9 Å². The first-order valence-corrected chi connectivity index (χ1v) is 9.05. The molecule has 3 nitrogen and oxygen atoms in total. The third kappa shape index (κ3) is 2.68. The highest BCUT2D eigenvalue weighted by molar-refractivity contribution is 7.14. The van der Waals surface area contributed by atoms with Gasteiger partial charge in [0.1, 0.15) is 0 Å². The summed E-state index contributed by atoms with van der Waals surface area (Å²) in [5.41, 5.74) is 2.09. The Labute approximate surface area is 136 Å². The van der Waals surface area contributed by atoms with Crippen molar-refractivity contribution in [1.82, 2.24) is 4.98 Å². The van der Waals surface area contributed by atoms with Crippen molar-refractivity contribution in [2.24, 2.45) is 5.92 Å². The number of hydrogen-bond donors (Lipinski definition) is 0. The highest BCUT2D eigenvalue weighted by atomic mass is 32.1. The Morgan fingerprint density at radius 3 is 2.41 bits per heavy atom. The zero-order chi connectivity index (χ0) is 15.5. The van der Waals surface area contributed by atoms with E-state index in [1.54, 1.807) is 11.3 Å². The van der Waals surface area contributed by atoms with Crippen LogP contribution >= 0.6 is 11.3 Å². The number of anilines is 1. The van der Waals surface area contributed by atoms with Crippen molar-refractivity contribution in [1.29, 1.82) is 0 Å². The monoisotopic (exact) mass is 314 g/mol. The van der Waals surface area contributed by atoms with Gasteiger partial charge < -0.3 is 0 Å². The number of piperidine rings is 2. The maximum atomic E-state index is 12.4. The van der Waals surface area contributed by atoms with E-state index >= 15 is 0 Å². The summed E-state index contributed by atoms with van der Waals surface area (Å²) in [5.74, 6) is 0.533. The molecule has 0 unspecified atom stereocenters. The third-order valence-corrected chi connectivity index (χ3v) is 5.26. The Bertz CT molecular complexity index is 630. The highest BCUT2D eigenvalue weighted by Gasteiger charge is 2.42. The Balaban J connectivity index is 0.000000693. The summed E-state index contributed by atoms with van der Waals surface area (Å²) >= 11 is 1.59. The van der Waals surface area contributed by atoms with E-state index in [2.05, 4.69) is 17.5 Å². The molecule has 3 aliphatic rings. The van der Waals surface area contributed by atoms with Gasteiger partial charge in [0.2, 0.25) is 5.91 Å². The molecule has 0 N–H and O–H groups in total. The topological polar surface area (TPSA) is 33.2 Å². The quantitative estimate of drug-likeness (QED) is 0.802. The maximum Gasteiger partial charge on any atom is 0.232 e. The maximum absolute atomic E-state index is 12.4. The standard InChI is InChI=1S/C16H16N2OS.C2H6/c19-15-12-6-8-13(9-7-12)18(15)16-17-14(10-20-16)11-4-2-1-3-5-11;1-2/h1-5,10,12-13H,6-9H2;1-2H3. The van der Waals surface area contributed by atoms with Crippen LogP contribution in [0.3, 0.4) is 0 Å². The number of fused-ring (bicyclic) bond motifs is 3. The lowest BCUT2D eigenvalue weighted by Gasteiger charge is -2.43. The van der Waals surface area contributed by atoms with Gasteiger partial charge in [0.05, 0.1) is 5.69 Å². The summed E-state index contributed by atoms with van der Waals surface area (Å²) in [4.78, 5) is 19.1. The molecule has 2 aliphatic heterocycles. The molecule has 0 spiro atoms. The number of benzene rings is 1. The minimum Gasteiger partial charge on any atom is -0.285 e. The van der Waals surface area contributed by atoms with E-state index in [9.17, 15) is 4.79 Å². The van der Waals surface area contributed by atoms with E-state index < -0.39 is 0 Å². The van der Waals surface area contributed by atoms with Crippen LogP contribution in [0.4, 0.5) is 5.13 Å². The molecule has 0 radical (unpaired) electrons. The van der Waals surface area contributed by atoms with E-state index in [-0.39, 0.29) is 5.92 Å². The molecule has 116 valence electrons. The molecule has 1 amide bonds. The molecule has 1 aromatic carbocycles. The number of amides is 1. The summed E-state index contributed by atoms with van der Waals surface area (Å²) in [6.45, 7) is 4.00. The molecule has 22 heavy (non-hydrogen) atoms. The summed E-state index contributed by atoms with van der Waals surface area (Å²) in [5, 5.41) is 2.93. The van der Waals surface area contributed by atoms with Crippen molar-refractivity contribution in [3.63, 3.8) is 0 Å². The molecule has 0 atom stereocenters. The molecular weight excluding hydrogens is 292 g/mol. The Hall–Kier alpha value is -1.68. The molecule has 1 saturated carbocycles. The van der Waals surface area contributed by atoms with Crippen LogP contribution in [0.15, 0.2) is 35.7 Å². The van der Waals surface area contributed by atoms with Gasteiger partial charge >= 0.3 is 0 Å². The van der Waals surface area contributed by atoms with Gasteiger partial charge in [-0.3, -0.25) is 9.69 Å². The SMILES string of the molecule is CC.O=C1C2CCC(CC2)N1c1nc(-c2ccccc2)cs1. The van der Waals surface area contributed by atoms with Crippen LogP contribution in [0.1, 0.15) is 39.5 Å². The number of carbonyl (C=O) groups is 1. The number of rotatable bonds is 2. The predicted molar refractivity (Wildman–Crippen MR) is 92.1 cm³/mol. The second-order valence-electron chi connectivity index (χ2n) is 5.60. The first-order chi connectivity index (χ1) is 10.8. The van der Waals surface area contributed by atoms with E-state index in [0.717, 1.165) is 42.1 Å². The molecule has 1 aromatic heterocycles. The van der Waals surface area contributed by atoms with Crippen molar-refractivity contribution < 1.29 is 4.79 Å². The third-order valence-electron chi connectivity index (χ3n) is 4.42. The Morgan fingerprint density at radius 1 is 1.09 bits per heavy atom. The zero-order valence-electron chi connectivity index (χ0n) is 13.2. The highest BCUT2D eigenvalue weighted by Crippen LogP contribution is 2.40. The minimum atomic E-state index is 0.240. The fraction of sp³-hybridized carbons (Fsp3) is 0.444. The minimum absolute atomic E-state index is 0.240. The van der Waals surface area contributed by atoms with Crippen LogP contribution in [0, 0.1) is 5.92 Å².